The number of benzene rings is 2. The number of nitrogens with one attached hydrogen (secondary N) is 1. The normalized spacial score (nSPS) is 21.0. The number of hydrogen-bond donors (Lipinski definition) is 1. The van der Waals surface area contributed by atoms with Crippen LogP contribution >= 0.6 is 0 Å². The van der Waals surface area contributed by atoms with Gasteiger partial charge in [-0.25, -0.2) is 4.39 Å². The molecule has 3 rings (SSSR count). The zero-order chi connectivity index (χ0) is 19.4. The molecule has 0 radical (unpaired) electrons. The van der Waals surface area contributed by atoms with E-state index in [1.54, 1.807) is 24.1 Å². The Bertz CT molecular complexity index is 795. The second-order valence-electron chi connectivity index (χ2n) is 6.79. The first kappa shape index (κ1) is 19.0. The second-order valence-corrected chi connectivity index (χ2v) is 6.79. The van der Waals surface area contributed by atoms with Crippen LogP contribution in [0.5, 0.6) is 0 Å². The maximum Gasteiger partial charge on any atom is 0.251 e. The molecule has 0 aliphatic carbocycles. The molecular formula is C21H23FN2O3. The van der Waals surface area contributed by atoms with Crippen LogP contribution in [0, 0.1) is 5.82 Å². The van der Waals surface area contributed by atoms with Gasteiger partial charge in [0, 0.05) is 13.6 Å². The van der Waals surface area contributed by atoms with Crippen LogP contribution in [0.15, 0.2) is 54.6 Å². The first-order valence-corrected chi connectivity index (χ1v) is 8.92. The molecule has 3 atom stereocenters. The highest BCUT2D eigenvalue weighted by molar-refractivity contribution is 5.86. The Labute approximate surface area is 158 Å². The first-order chi connectivity index (χ1) is 13.0. The molecule has 0 bridgehead atoms. The van der Waals surface area contributed by atoms with Crippen molar-refractivity contribution in [2.45, 2.75) is 25.0 Å². The van der Waals surface area contributed by atoms with Gasteiger partial charge in [0.05, 0.1) is 6.04 Å². The fourth-order valence-electron chi connectivity index (χ4n) is 3.24. The van der Waals surface area contributed by atoms with Crippen LogP contribution in [0.2, 0.25) is 0 Å². The van der Waals surface area contributed by atoms with Crippen molar-refractivity contribution in [1.82, 2.24) is 10.2 Å². The van der Waals surface area contributed by atoms with E-state index in [4.69, 9.17) is 4.74 Å². The Balaban J connectivity index is 1.70. The van der Waals surface area contributed by atoms with E-state index in [0.29, 0.717) is 6.54 Å². The van der Waals surface area contributed by atoms with Crippen LogP contribution in [0.3, 0.4) is 0 Å². The molecule has 142 valence electrons. The minimum atomic E-state index is -0.782. The quantitative estimate of drug-likeness (QED) is 0.880. The van der Waals surface area contributed by atoms with Gasteiger partial charge >= 0.3 is 0 Å². The van der Waals surface area contributed by atoms with E-state index in [0.717, 1.165) is 11.1 Å². The zero-order valence-electron chi connectivity index (χ0n) is 15.4. The molecule has 0 saturated carbocycles. The Morgan fingerprint density at radius 1 is 1.22 bits per heavy atom. The van der Waals surface area contributed by atoms with Gasteiger partial charge < -0.3 is 15.0 Å². The molecule has 1 N–H and O–H groups in total. The van der Waals surface area contributed by atoms with Gasteiger partial charge in [-0.15, -0.1) is 0 Å². The highest BCUT2D eigenvalue weighted by Gasteiger charge is 2.39. The van der Waals surface area contributed by atoms with Crippen molar-refractivity contribution >= 4 is 11.8 Å². The predicted molar refractivity (Wildman–Crippen MR) is 99.5 cm³/mol. The van der Waals surface area contributed by atoms with E-state index in [1.165, 1.54) is 12.1 Å². The molecule has 2 amide bonds. The average molecular weight is 370 g/mol. The molecule has 2 aromatic rings. The van der Waals surface area contributed by atoms with E-state index in [2.05, 4.69) is 5.32 Å². The minimum absolute atomic E-state index is 0.0210. The largest absolute Gasteiger partial charge is 0.356 e. The summed E-state index contributed by atoms with van der Waals surface area (Å²) in [6.45, 7) is 2.23. The average Bonchev–Trinajstić information content (AvgIpc) is 2.69. The number of amides is 2. The summed E-state index contributed by atoms with van der Waals surface area (Å²) in [7, 11) is 1.68. The molecule has 3 unspecified atom stereocenters. The lowest BCUT2D eigenvalue weighted by Crippen LogP contribution is -2.53. The van der Waals surface area contributed by atoms with Crippen LogP contribution in [0.1, 0.15) is 30.0 Å². The molecule has 5 nitrogen and oxygen atoms in total. The van der Waals surface area contributed by atoms with Gasteiger partial charge in [-0.1, -0.05) is 49.4 Å². The molecule has 1 aliphatic rings. The van der Waals surface area contributed by atoms with Gasteiger partial charge in [-0.05, 0) is 29.2 Å². The number of carbonyl (C=O) groups excluding carboxylic acids is 2. The zero-order valence-corrected chi connectivity index (χ0v) is 15.4. The maximum atomic E-state index is 13.1. The van der Waals surface area contributed by atoms with Crippen LogP contribution < -0.4 is 5.32 Å². The molecule has 2 aromatic carbocycles. The Morgan fingerprint density at radius 2 is 1.89 bits per heavy atom. The summed E-state index contributed by atoms with van der Waals surface area (Å²) in [5, 5.41) is 2.90. The van der Waals surface area contributed by atoms with Crippen molar-refractivity contribution in [2.75, 3.05) is 20.2 Å². The highest BCUT2D eigenvalue weighted by atomic mass is 19.1. The van der Waals surface area contributed by atoms with E-state index < -0.39 is 12.1 Å². The maximum absolute atomic E-state index is 13.1. The molecule has 6 heteroatoms. The lowest BCUT2D eigenvalue weighted by atomic mass is 9.97. The third-order valence-corrected chi connectivity index (χ3v) is 4.90. The summed E-state index contributed by atoms with van der Waals surface area (Å²) in [6.07, 6.45) is -0.782. The summed E-state index contributed by atoms with van der Waals surface area (Å²) in [4.78, 5) is 26.4. The first-order valence-electron chi connectivity index (χ1n) is 8.92. The van der Waals surface area contributed by atoms with E-state index in [9.17, 15) is 14.0 Å². The Kier molecular flexibility index (Phi) is 5.86. The van der Waals surface area contributed by atoms with Gasteiger partial charge in [0.15, 0.2) is 6.10 Å². The minimum Gasteiger partial charge on any atom is -0.356 e. The molecule has 0 aromatic heterocycles. The number of carbonyl (C=O) groups is 2. The van der Waals surface area contributed by atoms with E-state index in [-0.39, 0.29) is 30.2 Å². The smallest absolute Gasteiger partial charge is 0.251 e. The van der Waals surface area contributed by atoms with Crippen molar-refractivity contribution < 1.29 is 18.7 Å². The highest BCUT2D eigenvalue weighted by Crippen LogP contribution is 2.29. The van der Waals surface area contributed by atoms with Crippen LogP contribution in [0.25, 0.3) is 0 Å². The third kappa shape index (κ3) is 4.34. The van der Waals surface area contributed by atoms with Crippen molar-refractivity contribution in [2.24, 2.45) is 0 Å². The van der Waals surface area contributed by atoms with Crippen LogP contribution in [0.4, 0.5) is 4.39 Å². The SMILES string of the molecule is CC(CNC(=O)C1OCC(=O)N(C)C1c1ccccc1)c1ccc(F)cc1. The predicted octanol–water partition coefficient (Wildman–Crippen LogP) is 2.64. The summed E-state index contributed by atoms with van der Waals surface area (Å²) in [5.41, 5.74) is 1.79. The molecular weight excluding hydrogens is 347 g/mol. The number of rotatable bonds is 5. The molecule has 1 aliphatic heterocycles. The van der Waals surface area contributed by atoms with Gasteiger partial charge in [0.25, 0.3) is 5.91 Å². The number of likely N-dealkylation sites (N-methyl/N-ethyl adjacent to an activating group) is 1. The van der Waals surface area contributed by atoms with Gasteiger partial charge in [0.2, 0.25) is 5.91 Å². The van der Waals surface area contributed by atoms with Crippen molar-refractivity contribution in [3.8, 4) is 0 Å². The number of hydrogen-bond acceptors (Lipinski definition) is 3. The van der Waals surface area contributed by atoms with Crippen molar-refractivity contribution in [1.29, 1.82) is 0 Å². The summed E-state index contributed by atoms with van der Waals surface area (Å²) >= 11 is 0. The lowest BCUT2D eigenvalue weighted by molar-refractivity contribution is -0.162. The Hall–Kier alpha value is -2.73. The van der Waals surface area contributed by atoms with Gasteiger partial charge in [-0.2, -0.15) is 0 Å². The monoisotopic (exact) mass is 370 g/mol. The topological polar surface area (TPSA) is 58.6 Å². The Morgan fingerprint density at radius 3 is 2.56 bits per heavy atom. The van der Waals surface area contributed by atoms with E-state index in [1.807, 2.05) is 37.3 Å². The fourth-order valence-corrected chi connectivity index (χ4v) is 3.24. The molecule has 1 saturated heterocycles. The molecule has 0 spiro atoms. The number of ether oxygens (including phenoxy) is 1. The van der Waals surface area contributed by atoms with Crippen LogP contribution in [-0.4, -0.2) is 43.0 Å². The summed E-state index contributed by atoms with van der Waals surface area (Å²) < 4.78 is 18.7. The van der Waals surface area contributed by atoms with E-state index >= 15 is 0 Å². The number of halogens is 1. The molecule has 27 heavy (non-hydrogen) atoms. The second kappa shape index (κ2) is 8.31. The van der Waals surface area contributed by atoms with Crippen molar-refractivity contribution in [3.05, 3.63) is 71.5 Å². The summed E-state index contributed by atoms with van der Waals surface area (Å²) in [6, 6.07) is 15.1. The van der Waals surface area contributed by atoms with Gasteiger partial charge in [0.1, 0.15) is 12.4 Å². The van der Waals surface area contributed by atoms with Crippen LogP contribution in [-0.2, 0) is 14.3 Å². The lowest BCUT2D eigenvalue weighted by Gasteiger charge is -2.38. The number of morpholine rings is 1. The molecule has 1 heterocycles. The molecule has 1 fully saturated rings. The fraction of sp³-hybridized carbons (Fsp3) is 0.333. The standard InChI is InChI=1S/C21H23FN2O3/c1-14(15-8-10-17(22)11-9-15)12-23-21(26)20-19(16-6-4-3-5-7-16)24(2)18(25)13-27-20/h3-11,14,19-20H,12-13H2,1-2H3,(H,23,26). The third-order valence-electron chi connectivity index (χ3n) is 4.90. The number of nitrogens with zero attached hydrogens (tertiary/aromatic N) is 1. The summed E-state index contributed by atoms with van der Waals surface area (Å²) in [5.74, 6) is -0.693. The van der Waals surface area contributed by atoms with Gasteiger partial charge in [-0.3, -0.25) is 9.59 Å². The van der Waals surface area contributed by atoms with Crippen molar-refractivity contribution in [3.63, 3.8) is 0 Å².